The van der Waals surface area contributed by atoms with Crippen LogP contribution in [0.4, 0.5) is 0 Å². The molecule has 0 aliphatic rings. The molecule has 2 nitrogen and oxygen atoms in total. The molecule has 2 heteroatoms. The van der Waals surface area contributed by atoms with Gasteiger partial charge in [-0.1, -0.05) is 24.3 Å². The fraction of sp³-hybridized carbons (Fsp3) is 0.0714. The topological polar surface area (TPSA) is 33.1 Å². The SMILES string of the molecule is OCc1ccc2nc3ccccc3cc2c1. The average molecular weight is 209 g/mol. The first-order valence-electron chi connectivity index (χ1n) is 5.26. The Bertz CT molecular complexity index is 661. The molecule has 78 valence electrons. The predicted molar refractivity (Wildman–Crippen MR) is 65.2 cm³/mol. The number of aliphatic hydroxyl groups is 1. The van der Waals surface area contributed by atoms with Crippen molar-refractivity contribution in [2.24, 2.45) is 0 Å². The molecular weight excluding hydrogens is 198 g/mol. The summed E-state index contributed by atoms with van der Waals surface area (Å²) in [5, 5.41) is 11.3. The molecule has 0 aliphatic heterocycles. The summed E-state index contributed by atoms with van der Waals surface area (Å²) in [4.78, 5) is 4.57. The van der Waals surface area contributed by atoms with E-state index in [-0.39, 0.29) is 6.61 Å². The van der Waals surface area contributed by atoms with Gasteiger partial charge in [0.2, 0.25) is 0 Å². The standard InChI is InChI=1S/C14H11NO/c16-9-10-5-6-14-12(7-10)8-11-3-1-2-4-13(11)15-14/h1-8,16H,9H2. The van der Waals surface area contributed by atoms with Gasteiger partial charge in [0.15, 0.2) is 0 Å². The lowest BCUT2D eigenvalue weighted by molar-refractivity contribution is 0.282. The molecule has 0 fully saturated rings. The van der Waals surface area contributed by atoms with E-state index in [9.17, 15) is 0 Å². The van der Waals surface area contributed by atoms with Crippen LogP contribution in [0.5, 0.6) is 0 Å². The normalized spacial score (nSPS) is 11.1. The van der Waals surface area contributed by atoms with Crippen molar-refractivity contribution in [3.05, 3.63) is 54.1 Å². The van der Waals surface area contributed by atoms with Crippen molar-refractivity contribution in [1.82, 2.24) is 4.98 Å². The number of aliphatic hydroxyl groups excluding tert-OH is 1. The van der Waals surface area contributed by atoms with Gasteiger partial charge in [-0.3, -0.25) is 0 Å². The number of hydrogen-bond acceptors (Lipinski definition) is 2. The van der Waals surface area contributed by atoms with Gasteiger partial charge < -0.3 is 5.11 Å². The van der Waals surface area contributed by atoms with Crippen LogP contribution in [0.2, 0.25) is 0 Å². The summed E-state index contributed by atoms with van der Waals surface area (Å²) in [5.41, 5.74) is 2.90. The van der Waals surface area contributed by atoms with E-state index in [1.54, 1.807) is 0 Å². The van der Waals surface area contributed by atoms with E-state index in [1.807, 2.05) is 42.5 Å². The summed E-state index contributed by atoms with van der Waals surface area (Å²) in [6, 6.07) is 16.0. The van der Waals surface area contributed by atoms with E-state index in [4.69, 9.17) is 5.11 Å². The number of pyridine rings is 1. The zero-order valence-corrected chi connectivity index (χ0v) is 8.72. The Balaban J connectivity index is 2.37. The second kappa shape index (κ2) is 3.58. The summed E-state index contributed by atoms with van der Waals surface area (Å²) in [5.74, 6) is 0. The molecule has 0 spiro atoms. The molecular formula is C14H11NO. The monoisotopic (exact) mass is 209 g/mol. The third kappa shape index (κ3) is 1.44. The molecule has 1 aromatic heterocycles. The smallest absolute Gasteiger partial charge is 0.0709 e. The van der Waals surface area contributed by atoms with Gasteiger partial charge in [-0.05, 0) is 29.8 Å². The Morgan fingerprint density at radius 1 is 0.875 bits per heavy atom. The summed E-state index contributed by atoms with van der Waals surface area (Å²) in [7, 11) is 0. The first-order chi connectivity index (χ1) is 7.86. The van der Waals surface area contributed by atoms with Crippen molar-refractivity contribution >= 4 is 21.8 Å². The molecule has 0 atom stereocenters. The third-order valence-electron chi connectivity index (χ3n) is 2.76. The number of aromatic nitrogens is 1. The summed E-state index contributed by atoms with van der Waals surface area (Å²) in [6.45, 7) is 0.0722. The molecule has 0 saturated heterocycles. The van der Waals surface area contributed by atoms with Crippen LogP contribution in [0.1, 0.15) is 5.56 Å². The van der Waals surface area contributed by atoms with Crippen LogP contribution in [0.3, 0.4) is 0 Å². The van der Waals surface area contributed by atoms with Crippen molar-refractivity contribution in [3.63, 3.8) is 0 Å². The quantitative estimate of drug-likeness (QED) is 0.625. The fourth-order valence-electron chi connectivity index (χ4n) is 1.93. The number of fused-ring (bicyclic) bond motifs is 2. The maximum absolute atomic E-state index is 9.09. The Kier molecular flexibility index (Phi) is 2.08. The molecule has 0 radical (unpaired) electrons. The van der Waals surface area contributed by atoms with Crippen molar-refractivity contribution in [1.29, 1.82) is 0 Å². The molecule has 3 rings (SSSR count). The van der Waals surface area contributed by atoms with Crippen LogP contribution >= 0.6 is 0 Å². The molecule has 3 aromatic rings. The summed E-state index contributed by atoms with van der Waals surface area (Å²) < 4.78 is 0. The van der Waals surface area contributed by atoms with Gasteiger partial charge in [-0.2, -0.15) is 0 Å². The number of benzene rings is 2. The molecule has 0 saturated carbocycles. The summed E-state index contributed by atoms with van der Waals surface area (Å²) >= 11 is 0. The predicted octanol–water partition coefficient (Wildman–Crippen LogP) is 2.88. The van der Waals surface area contributed by atoms with E-state index in [0.29, 0.717) is 0 Å². The fourth-order valence-corrected chi connectivity index (χ4v) is 1.93. The van der Waals surface area contributed by atoms with E-state index in [2.05, 4.69) is 11.1 Å². The molecule has 16 heavy (non-hydrogen) atoms. The number of nitrogens with zero attached hydrogens (tertiary/aromatic N) is 1. The minimum Gasteiger partial charge on any atom is -0.392 e. The minimum absolute atomic E-state index is 0.0722. The molecule has 0 bridgehead atoms. The Morgan fingerprint density at radius 2 is 1.69 bits per heavy atom. The highest BCUT2D eigenvalue weighted by Gasteiger charge is 2.00. The highest BCUT2D eigenvalue weighted by atomic mass is 16.3. The molecule has 1 N–H and O–H groups in total. The highest BCUT2D eigenvalue weighted by Crippen LogP contribution is 2.20. The minimum atomic E-state index is 0.0722. The zero-order chi connectivity index (χ0) is 11.0. The van der Waals surface area contributed by atoms with E-state index >= 15 is 0 Å². The number of para-hydroxylation sites is 1. The van der Waals surface area contributed by atoms with Crippen LogP contribution in [0.15, 0.2) is 48.5 Å². The third-order valence-corrected chi connectivity index (χ3v) is 2.76. The van der Waals surface area contributed by atoms with Gasteiger partial charge in [-0.25, -0.2) is 4.98 Å². The number of hydrogen-bond donors (Lipinski definition) is 1. The first-order valence-corrected chi connectivity index (χ1v) is 5.26. The van der Waals surface area contributed by atoms with Crippen LogP contribution in [-0.4, -0.2) is 10.1 Å². The van der Waals surface area contributed by atoms with Crippen molar-refractivity contribution in [2.75, 3.05) is 0 Å². The molecule has 1 heterocycles. The lowest BCUT2D eigenvalue weighted by Gasteiger charge is -2.03. The van der Waals surface area contributed by atoms with E-state index in [1.165, 1.54) is 0 Å². The molecule has 0 aliphatic carbocycles. The maximum atomic E-state index is 9.09. The molecule has 0 amide bonds. The lowest BCUT2D eigenvalue weighted by atomic mass is 10.1. The number of rotatable bonds is 1. The van der Waals surface area contributed by atoms with Crippen molar-refractivity contribution in [3.8, 4) is 0 Å². The largest absolute Gasteiger partial charge is 0.392 e. The average Bonchev–Trinajstić information content (AvgIpc) is 2.35. The van der Waals surface area contributed by atoms with Gasteiger partial charge in [0.25, 0.3) is 0 Å². The van der Waals surface area contributed by atoms with Gasteiger partial charge in [0.05, 0.1) is 17.6 Å². The van der Waals surface area contributed by atoms with Gasteiger partial charge >= 0.3 is 0 Å². The van der Waals surface area contributed by atoms with Crippen molar-refractivity contribution < 1.29 is 5.11 Å². The van der Waals surface area contributed by atoms with Crippen LogP contribution in [-0.2, 0) is 6.61 Å². The summed E-state index contributed by atoms with van der Waals surface area (Å²) in [6.07, 6.45) is 0. The van der Waals surface area contributed by atoms with Gasteiger partial charge in [-0.15, -0.1) is 0 Å². The van der Waals surface area contributed by atoms with Crippen LogP contribution < -0.4 is 0 Å². The Labute approximate surface area is 93.2 Å². The van der Waals surface area contributed by atoms with Crippen LogP contribution in [0, 0.1) is 0 Å². The van der Waals surface area contributed by atoms with Gasteiger partial charge in [0.1, 0.15) is 0 Å². The van der Waals surface area contributed by atoms with E-state index in [0.717, 1.165) is 27.4 Å². The Hall–Kier alpha value is -1.93. The maximum Gasteiger partial charge on any atom is 0.0709 e. The molecule has 2 aromatic carbocycles. The van der Waals surface area contributed by atoms with E-state index < -0.39 is 0 Å². The zero-order valence-electron chi connectivity index (χ0n) is 8.72. The molecule has 0 unspecified atom stereocenters. The van der Waals surface area contributed by atoms with Crippen molar-refractivity contribution in [2.45, 2.75) is 6.61 Å². The van der Waals surface area contributed by atoms with Gasteiger partial charge in [0, 0.05) is 10.8 Å². The lowest BCUT2D eigenvalue weighted by Crippen LogP contribution is -1.86. The second-order valence-electron chi connectivity index (χ2n) is 3.87. The van der Waals surface area contributed by atoms with Crippen LogP contribution in [0.25, 0.3) is 21.8 Å². The highest BCUT2D eigenvalue weighted by molar-refractivity contribution is 5.92. The first kappa shape index (κ1) is 9.31. The second-order valence-corrected chi connectivity index (χ2v) is 3.87. The Morgan fingerprint density at radius 3 is 2.56 bits per heavy atom.